The van der Waals surface area contributed by atoms with Gasteiger partial charge in [-0.15, -0.1) is 0 Å². The molecule has 2 N–H and O–H groups in total. The zero-order valence-electron chi connectivity index (χ0n) is 12.4. The molecule has 1 rings (SSSR count). The third kappa shape index (κ3) is 3.96. The summed E-state index contributed by atoms with van der Waals surface area (Å²) < 4.78 is 7.02. The number of aryl methyl sites for hydroxylation is 2. The van der Waals surface area contributed by atoms with Crippen molar-refractivity contribution in [3.05, 3.63) is 11.3 Å². The lowest BCUT2D eigenvalue weighted by molar-refractivity contribution is -0.122. The number of carbonyl (C=O) groups excluding carboxylic acids is 1. The molecule has 6 heteroatoms. The smallest absolute Gasteiger partial charge is 0.236 e. The molecule has 19 heavy (non-hydrogen) atoms. The highest BCUT2D eigenvalue weighted by Crippen LogP contribution is 2.20. The summed E-state index contributed by atoms with van der Waals surface area (Å²) >= 11 is 0. The predicted octanol–water partition coefficient (Wildman–Crippen LogP) is 0.741. The molecule has 0 radical (unpaired) electrons. The van der Waals surface area contributed by atoms with Crippen LogP contribution >= 0.6 is 0 Å². The van der Waals surface area contributed by atoms with Gasteiger partial charge in [-0.05, 0) is 20.3 Å². The highest BCUT2D eigenvalue weighted by molar-refractivity contribution is 5.81. The summed E-state index contributed by atoms with van der Waals surface area (Å²) in [6.07, 6.45) is 0.938. The maximum Gasteiger partial charge on any atom is 0.236 e. The van der Waals surface area contributed by atoms with Crippen LogP contribution in [0, 0.1) is 6.92 Å². The Bertz CT molecular complexity index is 429. The second kappa shape index (κ2) is 7.13. The molecule has 0 aliphatic rings. The molecule has 108 valence electrons. The van der Waals surface area contributed by atoms with Crippen LogP contribution in [0.2, 0.25) is 0 Å². The third-order valence-corrected chi connectivity index (χ3v) is 3.01. The van der Waals surface area contributed by atoms with Crippen molar-refractivity contribution < 1.29 is 9.53 Å². The first-order valence-corrected chi connectivity index (χ1v) is 6.58. The first-order chi connectivity index (χ1) is 9.01. The number of nitrogens with one attached hydrogen (secondary N) is 2. The quantitative estimate of drug-likeness (QED) is 0.765. The highest BCUT2D eigenvalue weighted by Gasteiger charge is 2.16. The van der Waals surface area contributed by atoms with Crippen LogP contribution < -0.4 is 15.4 Å². The van der Waals surface area contributed by atoms with E-state index in [1.807, 2.05) is 27.8 Å². The molecule has 0 aromatic carbocycles. The number of hydrogen-bond acceptors (Lipinski definition) is 4. The van der Waals surface area contributed by atoms with Gasteiger partial charge in [-0.25, -0.2) is 4.68 Å². The first-order valence-electron chi connectivity index (χ1n) is 6.58. The molecule has 0 saturated carbocycles. The Hall–Kier alpha value is -1.56. The van der Waals surface area contributed by atoms with Gasteiger partial charge in [0.2, 0.25) is 11.8 Å². The van der Waals surface area contributed by atoms with E-state index in [0.29, 0.717) is 13.1 Å². The molecule has 0 aliphatic heterocycles. The second-order valence-corrected chi connectivity index (χ2v) is 4.59. The summed E-state index contributed by atoms with van der Waals surface area (Å²) in [6.45, 7) is 7.08. The summed E-state index contributed by atoms with van der Waals surface area (Å²) in [5.41, 5.74) is 1.90. The van der Waals surface area contributed by atoms with Crippen LogP contribution in [0.4, 0.5) is 0 Å². The molecule has 1 aromatic rings. The van der Waals surface area contributed by atoms with Crippen molar-refractivity contribution in [3.63, 3.8) is 0 Å². The van der Waals surface area contributed by atoms with E-state index in [1.165, 1.54) is 0 Å². The number of aromatic nitrogens is 2. The van der Waals surface area contributed by atoms with Gasteiger partial charge in [0.15, 0.2) is 0 Å². The molecule has 1 heterocycles. The summed E-state index contributed by atoms with van der Waals surface area (Å²) in [6, 6.07) is -0.240. The molecule has 0 spiro atoms. The van der Waals surface area contributed by atoms with Gasteiger partial charge in [-0.3, -0.25) is 4.79 Å². The van der Waals surface area contributed by atoms with Gasteiger partial charge in [0.25, 0.3) is 0 Å². The van der Waals surface area contributed by atoms with Crippen molar-refractivity contribution in [2.45, 2.75) is 39.8 Å². The Morgan fingerprint density at radius 3 is 2.79 bits per heavy atom. The van der Waals surface area contributed by atoms with Crippen molar-refractivity contribution in [3.8, 4) is 5.88 Å². The zero-order chi connectivity index (χ0) is 14.4. The lowest BCUT2D eigenvalue weighted by Gasteiger charge is -2.14. The second-order valence-electron chi connectivity index (χ2n) is 4.59. The molecule has 1 amide bonds. The summed E-state index contributed by atoms with van der Waals surface area (Å²) in [5, 5.41) is 10.4. The van der Waals surface area contributed by atoms with E-state index < -0.39 is 0 Å². The summed E-state index contributed by atoms with van der Waals surface area (Å²) in [4.78, 5) is 11.7. The minimum Gasteiger partial charge on any atom is -0.481 e. The van der Waals surface area contributed by atoms with Crippen molar-refractivity contribution >= 4 is 5.91 Å². The molecule has 0 aliphatic carbocycles. The van der Waals surface area contributed by atoms with Gasteiger partial charge < -0.3 is 15.4 Å². The van der Waals surface area contributed by atoms with Crippen LogP contribution in [-0.4, -0.2) is 35.4 Å². The minimum atomic E-state index is -0.240. The Kier molecular flexibility index (Phi) is 5.82. The van der Waals surface area contributed by atoms with E-state index in [2.05, 4.69) is 15.7 Å². The normalized spacial score (nSPS) is 12.3. The average Bonchev–Trinajstić information content (AvgIpc) is 2.66. The Morgan fingerprint density at radius 2 is 2.21 bits per heavy atom. The van der Waals surface area contributed by atoms with Crippen LogP contribution in [0.15, 0.2) is 0 Å². The Balaban J connectivity index is 2.59. The van der Waals surface area contributed by atoms with Crippen molar-refractivity contribution in [2.75, 3.05) is 13.7 Å². The van der Waals surface area contributed by atoms with E-state index in [9.17, 15) is 4.79 Å². The maximum absolute atomic E-state index is 11.7. The van der Waals surface area contributed by atoms with Crippen LogP contribution in [0.3, 0.4) is 0 Å². The Labute approximate surface area is 114 Å². The standard InChI is InChI=1S/C13H24N4O2/c1-6-7-14-12(18)10(3)15-8-11-9(2)16-17(4)13(11)19-5/h10,15H,6-8H2,1-5H3,(H,14,18). The van der Waals surface area contributed by atoms with Gasteiger partial charge in [-0.1, -0.05) is 6.92 Å². The molecule has 0 bridgehead atoms. The summed E-state index contributed by atoms with van der Waals surface area (Å²) in [7, 11) is 3.46. The average molecular weight is 268 g/mol. The number of hydrogen-bond donors (Lipinski definition) is 2. The van der Waals surface area contributed by atoms with Gasteiger partial charge in [0.1, 0.15) is 0 Å². The first kappa shape index (κ1) is 15.5. The monoisotopic (exact) mass is 268 g/mol. The lowest BCUT2D eigenvalue weighted by atomic mass is 10.2. The van der Waals surface area contributed by atoms with Gasteiger partial charge in [0.05, 0.1) is 24.4 Å². The van der Waals surface area contributed by atoms with Crippen LogP contribution in [-0.2, 0) is 18.4 Å². The maximum atomic E-state index is 11.7. The van der Waals surface area contributed by atoms with Gasteiger partial charge in [0, 0.05) is 20.1 Å². The molecule has 1 atom stereocenters. The number of ether oxygens (including phenoxy) is 1. The van der Waals surface area contributed by atoms with E-state index in [1.54, 1.807) is 11.8 Å². The fourth-order valence-corrected chi connectivity index (χ4v) is 1.89. The van der Waals surface area contributed by atoms with E-state index in [0.717, 1.165) is 23.6 Å². The number of rotatable bonds is 7. The molecule has 1 aromatic heterocycles. The molecular formula is C13H24N4O2. The molecule has 0 saturated heterocycles. The van der Waals surface area contributed by atoms with Crippen LogP contribution in [0.25, 0.3) is 0 Å². The molecule has 0 fully saturated rings. The molecular weight excluding hydrogens is 244 g/mol. The third-order valence-electron chi connectivity index (χ3n) is 3.01. The van der Waals surface area contributed by atoms with E-state index in [4.69, 9.17) is 4.74 Å². The zero-order valence-corrected chi connectivity index (χ0v) is 12.4. The predicted molar refractivity (Wildman–Crippen MR) is 74.1 cm³/mol. The number of carbonyl (C=O) groups is 1. The van der Waals surface area contributed by atoms with Gasteiger partial charge >= 0.3 is 0 Å². The highest BCUT2D eigenvalue weighted by atomic mass is 16.5. The summed E-state index contributed by atoms with van der Waals surface area (Å²) in [5.74, 6) is 0.744. The van der Waals surface area contributed by atoms with Gasteiger partial charge in [-0.2, -0.15) is 5.10 Å². The lowest BCUT2D eigenvalue weighted by Crippen LogP contribution is -2.42. The van der Waals surface area contributed by atoms with Crippen molar-refractivity contribution in [1.29, 1.82) is 0 Å². The topological polar surface area (TPSA) is 68.2 Å². The molecule has 6 nitrogen and oxygen atoms in total. The van der Waals surface area contributed by atoms with Crippen LogP contribution in [0.5, 0.6) is 5.88 Å². The number of amides is 1. The molecule has 1 unspecified atom stereocenters. The van der Waals surface area contributed by atoms with Crippen molar-refractivity contribution in [2.24, 2.45) is 7.05 Å². The number of methoxy groups -OCH3 is 1. The van der Waals surface area contributed by atoms with Crippen LogP contribution in [0.1, 0.15) is 31.5 Å². The number of nitrogens with zero attached hydrogens (tertiary/aromatic N) is 2. The van der Waals surface area contributed by atoms with E-state index >= 15 is 0 Å². The van der Waals surface area contributed by atoms with E-state index in [-0.39, 0.29) is 11.9 Å². The Morgan fingerprint density at radius 1 is 1.53 bits per heavy atom. The fraction of sp³-hybridized carbons (Fsp3) is 0.692. The van der Waals surface area contributed by atoms with Crippen molar-refractivity contribution in [1.82, 2.24) is 20.4 Å². The largest absolute Gasteiger partial charge is 0.481 e. The minimum absolute atomic E-state index is 0.0161. The SMILES string of the molecule is CCCNC(=O)C(C)NCc1c(C)nn(C)c1OC. The fourth-order valence-electron chi connectivity index (χ4n) is 1.89.